The maximum atomic E-state index is 13.1. The standard InChI is InChI=1S/C11H11ClF2/c12-8-3-1-2-5-9-6-4-7-10(13)11(9)14/h1-2,4,6-7H,3,5,8H2. The van der Waals surface area contributed by atoms with Crippen LogP contribution in [0.3, 0.4) is 0 Å². The summed E-state index contributed by atoms with van der Waals surface area (Å²) in [6, 6.07) is 4.19. The molecule has 0 aromatic heterocycles. The molecule has 0 amide bonds. The first kappa shape index (κ1) is 11.2. The van der Waals surface area contributed by atoms with E-state index < -0.39 is 11.6 Å². The van der Waals surface area contributed by atoms with E-state index in [4.69, 9.17) is 11.6 Å². The van der Waals surface area contributed by atoms with Gasteiger partial charge >= 0.3 is 0 Å². The van der Waals surface area contributed by atoms with Gasteiger partial charge in [0.1, 0.15) is 0 Å². The Morgan fingerprint density at radius 2 is 2.00 bits per heavy atom. The van der Waals surface area contributed by atoms with Gasteiger partial charge in [0.2, 0.25) is 0 Å². The van der Waals surface area contributed by atoms with Crippen molar-refractivity contribution in [1.29, 1.82) is 0 Å². The largest absolute Gasteiger partial charge is 0.204 e. The zero-order valence-electron chi connectivity index (χ0n) is 7.64. The molecule has 0 aliphatic rings. The van der Waals surface area contributed by atoms with E-state index in [2.05, 4.69) is 0 Å². The van der Waals surface area contributed by atoms with Crippen LogP contribution in [-0.4, -0.2) is 5.88 Å². The second-order valence-electron chi connectivity index (χ2n) is 2.87. The number of rotatable bonds is 4. The molecule has 0 spiro atoms. The molecule has 0 aliphatic heterocycles. The molecule has 1 rings (SSSR count). The molecule has 76 valence electrons. The van der Waals surface area contributed by atoms with Crippen molar-refractivity contribution in [3.63, 3.8) is 0 Å². The maximum Gasteiger partial charge on any atom is 0.162 e. The van der Waals surface area contributed by atoms with E-state index in [1.54, 1.807) is 12.1 Å². The SMILES string of the molecule is Fc1cccc(CC=CCCCl)c1F. The van der Waals surface area contributed by atoms with Crippen LogP contribution in [0.25, 0.3) is 0 Å². The summed E-state index contributed by atoms with van der Waals surface area (Å²) in [7, 11) is 0. The summed E-state index contributed by atoms with van der Waals surface area (Å²) in [6.45, 7) is 0. The predicted octanol–water partition coefficient (Wildman–Crippen LogP) is 3.69. The monoisotopic (exact) mass is 216 g/mol. The van der Waals surface area contributed by atoms with E-state index in [0.717, 1.165) is 12.5 Å². The molecule has 1 aromatic rings. The van der Waals surface area contributed by atoms with Crippen LogP contribution in [0, 0.1) is 11.6 Å². The zero-order chi connectivity index (χ0) is 10.4. The van der Waals surface area contributed by atoms with Crippen LogP contribution in [-0.2, 0) is 6.42 Å². The number of hydrogen-bond acceptors (Lipinski definition) is 0. The molecule has 0 saturated heterocycles. The average molecular weight is 217 g/mol. The normalized spacial score (nSPS) is 11.1. The number of halogens is 3. The lowest BCUT2D eigenvalue weighted by molar-refractivity contribution is 0.501. The molecular formula is C11H11ClF2. The van der Waals surface area contributed by atoms with Gasteiger partial charge in [-0.25, -0.2) is 8.78 Å². The fraction of sp³-hybridized carbons (Fsp3) is 0.273. The van der Waals surface area contributed by atoms with Crippen LogP contribution in [0.15, 0.2) is 30.4 Å². The van der Waals surface area contributed by atoms with Gasteiger partial charge in [0, 0.05) is 5.88 Å². The Hall–Kier alpha value is -0.890. The molecule has 1 aromatic carbocycles. The van der Waals surface area contributed by atoms with Crippen molar-refractivity contribution in [2.75, 3.05) is 5.88 Å². The van der Waals surface area contributed by atoms with Crippen molar-refractivity contribution in [2.45, 2.75) is 12.8 Å². The molecule has 0 radical (unpaired) electrons. The van der Waals surface area contributed by atoms with Gasteiger partial charge in [-0.05, 0) is 24.5 Å². The van der Waals surface area contributed by atoms with Gasteiger partial charge in [0.05, 0.1) is 0 Å². The van der Waals surface area contributed by atoms with E-state index in [-0.39, 0.29) is 0 Å². The fourth-order valence-electron chi connectivity index (χ4n) is 1.10. The highest BCUT2D eigenvalue weighted by Crippen LogP contribution is 2.12. The van der Waals surface area contributed by atoms with Crippen LogP contribution in [0.1, 0.15) is 12.0 Å². The minimum Gasteiger partial charge on any atom is -0.204 e. The van der Waals surface area contributed by atoms with Crippen LogP contribution >= 0.6 is 11.6 Å². The van der Waals surface area contributed by atoms with Gasteiger partial charge < -0.3 is 0 Å². The highest BCUT2D eigenvalue weighted by molar-refractivity contribution is 6.17. The zero-order valence-corrected chi connectivity index (χ0v) is 8.40. The summed E-state index contributed by atoms with van der Waals surface area (Å²) in [5.74, 6) is -1.02. The van der Waals surface area contributed by atoms with E-state index in [1.807, 2.05) is 6.08 Å². The fourth-order valence-corrected chi connectivity index (χ4v) is 1.22. The Bertz CT molecular complexity index is 321. The van der Waals surface area contributed by atoms with Crippen molar-refractivity contribution in [1.82, 2.24) is 0 Å². The third kappa shape index (κ3) is 3.11. The van der Waals surface area contributed by atoms with Gasteiger partial charge in [-0.2, -0.15) is 0 Å². The van der Waals surface area contributed by atoms with Crippen molar-refractivity contribution in [3.05, 3.63) is 47.5 Å². The maximum absolute atomic E-state index is 13.1. The quantitative estimate of drug-likeness (QED) is 0.532. The van der Waals surface area contributed by atoms with E-state index >= 15 is 0 Å². The summed E-state index contributed by atoms with van der Waals surface area (Å²) in [5.41, 5.74) is 0.371. The Labute approximate surface area is 87.2 Å². The van der Waals surface area contributed by atoms with Gasteiger partial charge in [-0.1, -0.05) is 24.3 Å². The molecule has 0 nitrogen and oxygen atoms in total. The van der Waals surface area contributed by atoms with Crippen LogP contribution in [0.2, 0.25) is 0 Å². The third-order valence-corrected chi connectivity index (χ3v) is 2.03. The van der Waals surface area contributed by atoms with Gasteiger partial charge in [0.25, 0.3) is 0 Å². The van der Waals surface area contributed by atoms with E-state index in [0.29, 0.717) is 17.9 Å². The summed E-state index contributed by atoms with van der Waals surface area (Å²) in [6.07, 6.45) is 4.80. The number of alkyl halides is 1. The summed E-state index contributed by atoms with van der Waals surface area (Å²) >= 11 is 5.45. The molecule has 14 heavy (non-hydrogen) atoms. The van der Waals surface area contributed by atoms with Gasteiger partial charge in [0.15, 0.2) is 11.6 Å². The molecular weight excluding hydrogens is 206 g/mol. The lowest BCUT2D eigenvalue weighted by Crippen LogP contribution is -1.91. The smallest absolute Gasteiger partial charge is 0.162 e. The van der Waals surface area contributed by atoms with Crippen molar-refractivity contribution >= 4 is 11.6 Å². The molecule has 0 saturated carbocycles. The van der Waals surface area contributed by atoms with Crippen molar-refractivity contribution < 1.29 is 8.78 Å². The molecule has 0 bridgehead atoms. The molecule has 0 N–H and O–H groups in total. The first-order valence-electron chi connectivity index (χ1n) is 4.39. The van der Waals surface area contributed by atoms with E-state index in [9.17, 15) is 8.78 Å². The minimum atomic E-state index is -0.798. The Kier molecular flexibility index (Phi) is 4.60. The van der Waals surface area contributed by atoms with Crippen molar-refractivity contribution in [2.24, 2.45) is 0 Å². The van der Waals surface area contributed by atoms with Crippen LogP contribution < -0.4 is 0 Å². The minimum absolute atomic E-state index is 0.371. The average Bonchev–Trinajstić information content (AvgIpc) is 2.19. The highest BCUT2D eigenvalue weighted by Gasteiger charge is 2.04. The van der Waals surface area contributed by atoms with Crippen molar-refractivity contribution in [3.8, 4) is 0 Å². The topological polar surface area (TPSA) is 0 Å². The molecule has 0 fully saturated rings. The second kappa shape index (κ2) is 5.76. The molecule has 0 atom stereocenters. The number of benzene rings is 1. The lowest BCUT2D eigenvalue weighted by atomic mass is 10.1. The summed E-state index contributed by atoms with van der Waals surface area (Å²) in [4.78, 5) is 0. The molecule has 0 aliphatic carbocycles. The third-order valence-electron chi connectivity index (χ3n) is 1.81. The molecule has 0 unspecified atom stereocenters. The Balaban J connectivity index is 2.63. The first-order chi connectivity index (χ1) is 6.75. The summed E-state index contributed by atoms with van der Waals surface area (Å²) < 4.78 is 25.8. The van der Waals surface area contributed by atoms with E-state index in [1.165, 1.54) is 6.07 Å². The first-order valence-corrected chi connectivity index (χ1v) is 4.93. The Morgan fingerprint density at radius 1 is 1.21 bits per heavy atom. The second-order valence-corrected chi connectivity index (χ2v) is 3.24. The number of hydrogen-bond donors (Lipinski definition) is 0. The lowest BCUT2D eigenvalue weighted by Gasteiger charge is -1.99. The predicted molar refractivity (Wildman–Crippen MR) is 54.5 cm³/mol. The van der Waals surface area contributed by atoms with Gasteiger partial charge in [-0.3, -0.25) is 0 Å². The van der Waals surface area contributed by atoms with Gasteiger partial charge in [-0.15, -0.1) is 11.6 Å². The Morgan fingerprint density at radius 3 is 2.71 bits per heavy atom. The molecule has 0 heterocycles. The summed E-state index contributed by atoms with van der Waals surface area (Å²) in [5, 5.41) is 0. The molecule has 3 heteroatoms. The van der Waals surface area contributed by atoms with Crippen LogP contribution in [0.5, 0.6) is 0 Å². The highest BCUT2D eigenvalue weighted by atomic mass is 35.5. The number of allylic oxidation sites excluding steroid dienone is 2. The van der Waals surface area contributed by atoms with Crippen LogP contribution in [0.4, 0.5) is 8.78 Å².